The van der Waals surface area contributed by atoms with Gasteiger partial charge >= 0.3 is 0 Å². The van der Waals surface area contributed by atoms with E-state index in [1.54, 1.807) is 0 Å². The number of benzene rings is 6. The zero-order valence-corrected chi connectivity index (χ0v) is 26.6. The van der Waals surface area contributed by atoms with Crippen molar-refractivity contribution in [1.82, 2.24) is 19.9 Å². The molecule has 0 spiro atoms. The normalized spacial score (nSPS) is 12.7. The monoisotopic (exact) mass is 626 g/mol. The van der Waals surface area contributed by atoms with Gasteiger partial charge in [0.05, 0.1) is 11.1 Å². The molecule has 0 saturated heterocycles. The second kappa shape index (κ2) is 11.9. The fourth-order valence-corrected chi connectivity index (χ4v) is 7.33. The maximum atomic E-state index is 5.18. The first kappa shape index (κ1) is 28.7. The topological polar surface area (TPSA) is 51.6 Å². The van der Waals surface area contributed by atoms with Crippen LogP contribution in [0.5, 0.6) is 0 Å². The first-order valence-corrected chi connectivity index (χ1v) is 16.5. The lowest BCUT2D eigenvalue weighted by Gasteiger charge is -2.33. The van der Waals surface area contributed by atoms with E-state index < -0.39 is 5.41 Å². The zero-order chi connectivity index (χ0) is 32.6. The molecule has 0 atom stereocenters. The van der Waals surface area contributed by atoms with Gasteiger partial charge in [0.25, 0.3) is 0 Å². The molecule has 230 valence electrons. The van der Waals surface area contributed by atoms with Crippen LogP contribution < -0.4 is 0 Å². The van der Waals surface area contributed by atoms with Gasteiger partial charge < -0.3 is 0 Å². The van der Waals surface area contributed by atoms with Crippen LogP contribution in [0.2, 0.25) is 0 Å². The Hall–Kier alpha value is -6.52. The summed E-state index contributed by atoms with van der Waals surface area (Å²) in [5, 5.41) is 0. The number of rotatable bonds is 6. The van der Waals surface area contributed by atoms with E-state index in [0.717, 1.165) is 33.5 Å². The number of pyridine rings is 1. The predicted molar refractivity (Wildman–Crippen MR) is 197 cm³/mol. The average Bonchev–Trinajstić information content (AvgIpc) is 3.50. The lowest BCUT2D eigenvalue weighted by Crippen LogP contribution is -2.28. The van der Waals surface area contributed by atoms with E-state index in [2.05, 4.69) is 115 Å². The van der Waals surface area contributed by atoms with Crippen LogP contribution in [0.4, 0.5) is 0 Å². The Balaban J connectivity index is 1.29. The Labute approximate surface area is 285 Å². The molecule has 2 heterocycles. The Bertz CT molecular complexity index is 2370. The summed E-state index contributed by atoms with van der Waals surface area (Å²) < 4.78 is 0. The predicted octanol–water partition coefficient (Wildman–Crippen LogP) is 10.3. The molecule has 0 fully saturated rings. The van der Waals surface area contributed by atoms with Gasteiger partial charge in [-0.25, -0.2) is 15.0 Å². The standard InChI is InChI=1S/C45H30N4/c1-5-16-31(17-6-1)40-29-28-33(30-46-40)43-47-42(32-18-7-2-8-19-32)48-44(49-43)37-25-15-27-39-41(37)36-24-13-14-26-38(36)45(39,34-20-9-3-10-21-34)35-22-11-4-12-23-35/h1-30H. The first-order chi connectivity index (χ1) is 24.3. The van der Waals surface area contributed by atoms with E-state index in [4.69, 9.17) is 19.9 Å². The van der Waals surface area contributed by atoms with Crippen molar-refractivity contribution in [2.24, 2.45) is 0 Å². The van der Waals surface area contributed by atoms with Crippen LogP contribution in [0.25, 0.3) is 56.5 Å². The third kappa shape index (κ3) is 4.77. The van der Waals surface area contributed by atoms with E-state index >= 15 is 0 Å². The Morgan fingerprint density at radius 3 is 1.49 bits per heavy atom. The Kier molecular flexibility index (Phi) is 6.98. The molecule has 1 aliphatic rings. The molecule has 6 aromatic carbocycles. The minimum absolute atomic E-state index is 0.514. The highest BCUT2D eigenvalue weighted by atomic mass is 15.0. The smallest absolute Gasteiger partial charge is 0.165 e. The van der Waals surface area contributed by atoms with Gasteiger partial charge in [0.1, 0.15) is 0 Å². The van der Waals surface area contributed by atoms with Gasteiger partial charge in [0, 0.05) is 28.5 Å². The lowest BCUT2D eigenvalue weighted by molar-refractivity contribution is 0.768. The summed E-state index contributed by atoms with van der Waals surface area (Å²) in [6, 6.07) is 61.4. The fourth-order valence-electron chi connectivity index (χ4n) is 7.33. The highest BCUT2D eigenvalue weighted by Gasteiger charge is 2.46. The van der Waals surface area contributed by atoms with Gasteiger partial charge in [-0.2, -0.15) is 0 Å². The highest BCUT2D eigenvalue weighted by molar-refractivity contribution is 5.94. The highest BCUT2D eigenvalue weighted by Crippen LogP contribution is 2.58. The quantitative estimate of drug-likeness (QED) is 0.184. The van der Waals surface area contributed by atoms with Crippen LogP contribution in [0.1, 0.15) is 22.3 Å². The van der Waals surface area contributed by atoms with Crippen LogP contribution in [0.15, 0.2) is 182 Å². The minimum Gasteiger partial charge on any atom is -0.255 e. The molecule has 0 amide bonds. The number of fused-ring (bicyclic) bond motifs is 3. The maximum absolute atomic E-state index is 5.18. The number of hydrogen-bond acceptors (Lipinski definition) is 4. The molecule has 8 aromatic rings. The van der Waals surface area contributed by atoms with Crippen molar-refractivity contribution in [3.05, 3.63) is 204 Å². The van der Waals surface area contributed by atoms with Crippen molar-refractivity contribution in [3.8, 4) is 56.5 Å². The average molecular weight is 627 g/mol. The zero-order valence-electron chi connectivity index (χ0n) is 26.6. The summed E-state index contributed by atoms with van der Waals surface area (Å²) in [4.78, 5) is 20.2. The summed E-state index contributed by atoms with van der Waals surface area (Å²) in [7, 11) is 0. The number of aromatic nitrogens is 4. The van der Waals surface area contributed by atoms with E-state index in [-0.39, 0.29) is 0 Å². The molecule has 9 rings (SSSR count). The van der Waals surface area contributed by atoms with Crippen LogP contribution >= 0.6 is 0 Å². The number of nitrogens with zero attached hydrogens (tertiary/aromatic N) is 4. The van der Waals surface area contributed by atoms with E-state index in [9.17, 15) is 0 Å². The van der Waals surface area contributed by atoms with Crippen molar-refractivity contribution in [2.75, 3.05) is 0 Å². The summed E-state index contributed by atoms with van der Waals surface area (Å²) in [6.45, 7) is 0. The summed E-state index contributed by atoms with van der Waals surface area (Å²) in [5.74, 6) is 1.82. The third-order valence-electron chi connectivity index (χ3n) is 9.48. The molecule has 2 aromatic heterocycles. The molecule has 1 aliphatic carbocycles. The molecule has 0 N–H and O–H groups in total. The van der Waals surface area contributed by atoms with Crippen LogP contribution in [0.3, 0.4) is 0 Å². The second-order valence-electron chi connectivity index (χ2n) is 12.2. The van der Waals surface area contributed by atoms with Gasteiger partial charge in [0.15, 0.2) is 17.5 Å². The van der Waals surface area contributed by atoms with E-state index in [0.29, 0.717) is 17.5 Å². The SMILES string of the molecule is c1ccc(-c2ccc(-c3nc(-c4ccccc4)nc(-c4cccc5c4-c4ccccc4C5(c4ccccc4)c4ccccc4)n3)cn2)cc1. The molecule has 0 radical (unpaired) electrons. The van der Waals surface area contributed by atoms with Gasteiger partial charge in [-0.3, -0.25) is 4.98 Å². The largest absolute Gasteiger partial charge is 0.255 e. The van der Waals surface area contributed by atoms with Gasteiger partial charge in [0.2, 0.25) is 0 Å². The van der Waals surface area contributed by atoms with E-state index in [1.165, 1.54) is 27.8 Å². The van der Waals surface area contributed by atoms with Crippen LogP contribution in [-0.4, -0.2) is 19.9 Å². The molecule has 4 heteroatoms. The van der Waals surface area contributed by atoms with E-state index in [1.807, 2.05) is 66.9 Å². The summed E-state index contributed by atoms with van der Waals surface area (Å²) in [5.41, 5.74) is 11.4. The van der Waals surface area contributed by atoms with Gasteiger partial charge in [-0.05, 0) is 45.5 Å². The third-order valence-corrected chi connectivity index (χ3v) is 9.48. The van der Waals surface area contributed by atoms with Crippen molar-refractivity contribution >= 4 is 0 Å². The molecule has 0 bridgehead atoms. The van der Waals surface area contributed by atoms with Gasteiger partial charge in [-0.1, -0.05) is 164 Å². The van der Waals surface area contributed by atoms with Crippen LogP contribution in [-0.2, 0) is 5.41 Å². The molecular weight excluding hydrogens is 597 g/mol. The minimum atomic E-state index is -0.514. The van der Waals surface area contributed by atoms with Crippen LogP contribution in [0, 0.1) is 0 Å². The summed E-state index contributed by atoms with van der Waals surface area (Å²) >= 11 is 0. The van der Waals surface area contributed by atoms with Gasteiger partial charge in [-0.15, -0.1) is 0 Å². The summed E-state index contributed by atoms with van der Waals surface area (Å²) in [6.07, 6.45) is 1.86. The molecule has 4 nitrogen and oxygen atoms in total. The maximum Gasteiger partial charge on any atom is 0.165 e. The molecular formula is C45H30N4. The fraction of sp³-hybridized carbons (Fsp3) is 0.0222. The second-order valence-corrected chi connectivity index (χ2v) is 12.2. The van der Waals surface area contributed by atoms with Crippen molar-refractivity contribution in [3.63, 3.8) is 0 Å². The Morgan fingerprint density at radius 1 is 0.347 bits per heavy atom. The molecule has 0 aliphatic heterocycles. The molecule has 0 unspecified atom stereocenters. The lowest BCUT2D eigenvalue weighted by atomic mass is 9.67. The van der Waals surface area contributed by atoms with Crippen molar-refractivity contribution < 1.29 is 0 Å². The molecule has 0 saturated carbocycles. The van der Waals surface area contributed by atoms with Crippen molar-refractivity contribution in [2.45, 2.75) is 5.41 Å². The Morgan fingerprint density at radius 2 is 0.857 bits per heavy atom. The number of hydrogen-bond donors (Lipinski definition) is 0. The molecule has 49 heavy (non-hydrogen) atoms. The van der Waals surface area contributed by atoms with Crippen molar-refractivity contribution in [1.29, 1.82) is 0 Å². The first-order valence-electron chi connectivity index (χ1n) is 16.5.